The lowest BCUT2D eigenvalue weighted by atomic mass is 9.77. The van der Waals surface area contributed by atoms with Crippen molar-refractivity contribution in [2.75, 3.05) is 20.1 Å². The highest BCUT2D eigenvalue weighted by Gasteiger charge is 2.21. The van der Waals surface area contributed by atoms with Crippen LogP contribution in [-0.4, -0.2) is 25.0 Å². The molecule has 0 N–H and O–H groups in total. The minimum atomic E-state index is 0.511. The first-order chi connectivity index (χ1) is 7.25. The van der Waals surface area contributed by atoms with Crippen LogP contribution in [0.3, 0.4) is 0 Å². The molecule has 0 aliphatic heterocycles. The molecule has 0 amide bonds. The number of rotatable bonds is 8. The lowest BCUT2D eigenvalue weighted by molar-refractivity contribution is 0.213. The zero-order chi connectivity index (χ0) is 12.8. The summed E-state index contributed by atoms with van der Waals surface area (Å²) in [5.41, 5.74) is 0.511. The summed E-state index contributed by atoms with van der Waals surface area (Å²) in [6.45, 7) is 16.5. The van der Waals surface area contributed by atoms with Gasteiger partial charge < -0.3 is 4.90 Å². The Morgan fingerprint density at radius 1 is 1.00 bits per heavy atom. The molecule has 1 heteroatoms. The van der Waals surface area contributed by atoms with Gasteiger partial charge in [-0.25, -0.2) is 0 Å². The van der Waals surface area contributed by atoms with Crippen LogP contribution in [0.25, 0.3) is 0 Å². The number of hydrogen-bond acceptors (Lipinski definition) is 1. The second kappa shape index (κ2) is 7.32. The molecule has 0 heterocycles. The summed E-state index contributed by atoms with van der Waals surface area (Å²) in [4.78, 5) is 2.47. The van der Waals surface area contributed by atoms with Gasteiger partial charge in [0.2, 0.25) is 0 Å². The Kier molecular flexibility index (Phi) is 7.30. The molecule has 1 nitrogen and oxygen atoms in total. The summed E-state index contributed by atoms with van der Waals surface area (Å²) in [5, 5.41) is 0. The second-order valence-electron chi connectivity index (χ2n) is 6.76. The van der Waals surface area contributed by atoms with Gasteiger partial charge in [-0.15, -0.1) is 0 Å². The van der Waals surface area contributed by atoms with Crippen molar-refractivity contribution in [3.8, 4) is 0 Å². The van der Waals surface area contributed by atoms with Crippen LogP contribution < -0.4 is 0 Å². The quantitative estimate of drug-likeness (QED) is 0.555. The molecular formula is C15H33N. The molecule has 0 aromatic carbocycles. The zero-order valence-electron chi connectivity index (χ0n) is 12.6. The zero-order valence-corrected chi connectivity index (χ0v) is 12.6. The highest BCUT2D eigenvalue weighted by molar-refractivity contribution is 4.72. The Labute approximate surface area is 104 Å². The molecule has 0 bridgehead atoms. The molecule has 0 aliphatic carbocycles. The largest absolute Gasteiger partial charge is 0.306 e. The summed E-state index contributed by atoms with van der Waals surface area (Å²) in [5.74, 6) is 1.58. The molecule has 0 saturated carbocycles. The molecule has 16 heavy (non-hydrogen) atoms. The van der Waals surface area contributed by atoms with E-state index in [2.05, 4.69) is 53.5 Å². The molecule has 0 radical (unpaired) electrons. The van der Waals surface area contributed by atoms with Crippen LogP contribution in [-0.2, 0) is 0 Å². The van der Waals surface area contributed by atoms with Gasteiger partial charge in [0.25, 0.3) is 0 Å². The molecule has 0 aromatic rings. The van der Waals surface area contributed by atoms with Gasteiger partial charge >= 0.3 is 0 Å². The monoisotopic (exact) mass is 227 g/mol. The van der Waals surface area contributed by atoms with Crippen molar-refractivity contribution < 1.29 is 0 Å². The van der Waals surface area contributed by atoms with Crippen LogP contribution in [0, 0.1) is 17.3 Å². The molecule has 0 rings (SSSR count). The lowest BCUT2D eigenvalue weighted by Crippen LogP contribution is -2.25. The van der Waals surface area contributed by atoms with Crippen LogP contribution in [0.5, 0.6) is 0 Å². The summed E-state index contributed by atoms with van der Waals surface area (Å²) in [7, 11) is 2.24. The third kappa shape index (κ3) is 7.27. The van der Waals surface area contributed by atoms with E-state index in [-0.39, 0.29) is 0 Å². The SMILES string of the molecule is CC(C)CN(C)CCCCC(C)(C)C(C)C. The van der Waals surface area contributed by atoms with Crippen LogP contribution in [0.15, 0.2) is 0 Å². The van der Waals surface area contributed by atoms with Crippen molar-refractivity contribution in [1.29, 1.82) is 0 Å². The van der Waals surface area contributed by atoms with Gasteiger partial charge in [-0.3, -0.25) is 0 Å². The van der Waals surface area contributed by atoms with Crippen molar-refractivity contribution in [3.05, 3.63) is 0 Å². The van der Waals surface area contributed by atoms with Crippen LogP contribution in [0.2, 0.25) is 0 Å². The highest BCUT2D eigenvalue weighted by atomic mass is 15.1. The molecule has 0 aromatic heterocycles. The molecule has 0 fully saturated rings. The maximum atomic E-state index is 2.47. The summed E-state index contributed by atoms with van der Waals surface area (Å²) >= 11 is 0. The van der Waals surface area contributed by atoms with Crippen LogP contribution in [0.1, 0.15) is 60.8 Å². The van der Waals surface area contributed by atoms with E-state index >= 15 is 0 Å². The molecule has 0 unspecified atom stereocenters. The molecule has 0 spiro atoms. The first kappa shape index (κ1) is 16.0. The van der Waals surface area contributed by atoms with Crippen molar-refractivity contribution in [2.45, 2.75) is 60.8 Å². The van der Waals surface area contributed by atoms with Crippen molar-refractivity contribution in [1.82, 2.24) is 4.90 Å². The first-order valence-corrected chi connectivity index (χ1v) is 6.94. The Hall–Kier alpha value is -0.0400. The Balaban J connectivity index is 3.60. The van der Waals surface area contributed by atoms with E-state index in [9.17, 15) is 0 Å². The van der Waals surface area contributed by atoms with Gasteiger partial charge in [0, 0.05) is 6.54 Å². The van der Waals surface area contributed by atoms with E-state index in [1.54, 1.807) is 0 Å². The molecule has 0 atom stereocenters. The second-order valence-corrected chi connectivity index (χ2v) is 6.76. The Morgan fingerprint density at radius 3 is 2.00 bits per heavy atom. The Bertz CT molecular complexity index is 170. The fourth-order valence-electron chi connectivity index (χ4n) is 1.97. The van der Waals surface area contributed by atoms with E-state index in [0.29, 0.717) is 5.41 Å². The minimum absolute atomic E-state index is 0.511. The molecule has 0 saturated heterocycles. The van der Waals surface area contributed by atoms with Crippen LogP contribution in [0.4, 0.5) is 0 Å². The normalized spacial score (nSPS) is 13.1. The third-order valence-corrected chi connectivity index (χ3v) is 3.85. The highest BCUT2D eigenvalue weighted by Crippen LogP contribution is 2.31. The van der Waals surface area contributed by atoms with Crippen molar-refractivity contribution in [2.24, 2.45) is 17.3 Å². The van der Waals surface area contributed by atoms with Gasteiger partial charge in [0.15, 0.2) is 0 Å². The molecule has 0 aliphatic rings. The van der Waals surface area contributed by atoms with E-state index in [1.807, 2.05) is 0 Å². The van der Waals surface area contributed by atoms with Gasteiger partial charge in [0.05, 0.1) is 0 Å². The van der Waals surface area contributed by atoms with Gasteiger partial charge in [-0.1, -0.05) is 48.0 Å². The Morgan fingerprint density at radius 2 is 1.56 bits per heavy atom. The maximum Gasteiger partial charge on any atom is 0.000133 e. The predicted molar refractivity (Wildman–Crippen MR) is 74.8 cm³/mol. The number of unbranched alkanes of at least 4 members (excludes halogenated alkanes) is 1. The summed E-state index contributed by atoms with van der Waals surface area (Å²) in [6.07, 6.45) is 4.08. The topological polar surface area (TPSA) is 3.24 Å². The predicted octanol–water partition coefficient (Wildman–Crippen LogP) is 4.43. The third-order valence-electron chi connectivity index (χ3n) is 3.85. The van der Waals surface area contributed by atoms with E-state index in [1.165, 1.54) is 32.4 Å². The van der Waals surface area contributed by atoms with E-state index in [4.69, 9.17) is 0 Å². The fraction of sp³-hybridized carbons (Fsp3) is 1.00. The average molecular weight is 227 g/mol. The van der Waals surface area contributed by atoms with Gasteiger partial charge in [0.1, 0.15) is 0 Å². The lowest BCUT2D eigenvalue weighted by Gasteiger charge is -2.29. The van der Waals surface area contributed by atoms with Gasteiger partial charge in [-0.05, 0) is 43.7 Å². The maximum absolute atomic E-state index is 2.47. The fourth-order valence-corrected chi connectivity index (χ4v) is 1.97. The summed E-state index contributed by atoms with van der Waals surface area (Å²) < 4.78 is 0. The number of nitrogens with zero attached hydrogens (tertiary/aromatic N) is 1. The number of hydrogen-bond donors (Lipinski definition) is 0. The van der Waals surface area contributed by atoms with E-state index in [0.717, 1.165) is 11.8 Å². The minimum Gasteiger partial charge on any atom is -0.306 e. The smallest absolute Gasteiger partial charge is 0.000133 e. The summed E-state index contributed by atoms with van der Waals surface area (Å²) in [6, 6.07) is 0. The van der Waals surface area contributed by atoms with Gasteiger partial charge in [-0.2, -0.15) is 0 Å². The standard InChI is InChI=1S/C15H33N/c1-13(2)12-16(7)11-9-8-10-15(5,6)14(3)4/h13-14H,8-12H2,1-7H3. The van der Waals surface area contributed by atoms with Crippen LogP contribution >= 0.6 is 0 Å². The average Bonchev–Trinajstić information content (AvgIpc) is 2.11. The van der Waals surface area contributed by atoms with Crippen molar-refractivity contribution in [3.63, 3.8) is 0 Å². The molecular weight excluding hydrogens is 194 g/mol. The first-order valence-electron chi connectivity index (χ1n) is 6.94. The van der Waals surface area contributed by atoms with E-state index < -0.39 is 0 Å². The molecule has 98 valence electrons. The van der Waals surface area contributed by atoms with Crippen molar-refractivity contribution >= 4 is 0 Å².